The van der Waals surface area contributed by atoms with Crippen LogP contribution in [-0.4, -0.2) is 53.0 Å². The first kappa shape index (κ1) is 13.8. The zero-order valence-electron chi connectivity index (χ0n) is 10.6. The van der Waals surface area contributed by atoms with Crippen molar-refractivity contribution in [1.82, 2.24) is 4.90 Å². The van der Waals surface area contributed by atoms with E-state index in [4.69, 9.17) is 14.6 Å². The molecule has 1 saturated heterocycles. The summed E-state index contributed by atoms with van der Waals surface area (Å²) in [5.41, 5.74) is -1.94. The summed E-state index contributed by atoms with van der Waals surface area (Å²) in [4.78, 5) is 24.2. The second kappa shape index (κ2) is 4.52. The van der Waals surface area contributed by atoms with Crippen LogP contribution in [0.1, 0.15) is 27.7 Å². The van der Waals surface area contributed by atoms with Crippen molar-refractivity contribution in [2.24, 2.45) is 0 Å². The first-order valence-electron chi connectivity index (χ1n) is 5.49. The Bertz CT molecular complexity index is 322. The number of ether oxygens (including phenoxy) is 2. The highest BCUT2D eigenvalue weighted by Gasteiger charge is 2.41. The van der Waals surface area contributed by atoms with E-state index in [2.05, 4.69) is 0 Å². The predicted molar refractivity (Wildman–Crippen MR) is 59.8 cm³/mol. The summed E-state index contributed by atoms with van der Waals surface area (Å²) >= 11 is 0. The third kappa shape index (κ3) is 3.59. The summed E-state index contributed by atoms with van der Waals surface area (Å²) in [6, 6.07) is 0. The Kier molecular flexibility index (Phi) is 3.66. The van der Waals surface area contributed by atoms with E-state index in [1.807, 2.05) is 0 Å². The van der Waals surface area contributed by atoms with Crippen molar-refractivity contribution >= 4 is 12.1 Å². The van der Waals surface area contributed by atoms with E-state index in [0.717, 1.165) is 0 Å². The van der Waals surface area contributed by atoms with Gasteiger partial charge in [0.1, 0.15) is 5.60 Å². The summed E-state index contributed by atoms with van der Waals surface area (Å²) in [5.74, 6) is -1.08. The number of rotatable bonds is 1. The standard InChI is InChI=1S/C11H19NO5/c1-10(2,3)17-9(15)12-5-6-16-11(4,7-12)8(13)14/h5-7H2,1-4H3,(H,13,14)/t11-/m0/s1. The second-order valence-electron chi connectivity index (χ2n) is 5.29. The molecule has 0 aliphatic carbocycles. The van der Waals surface area contributed by atoms with Gasteiger partial charge in [-0.2, -0.15) is 0 Å². The average Bonchev–Trinajstić information content (AvgIpc) is 2.15. The second-order valence-corrected chi connectivity index (χ2v) is 5.29. The Labute approximate surface area is 100 Å². The van der Waals surface area contributed by atoms with Crippen LogP contribution in [-0.2, 0) is 14.3 Å². The van der Waals surface area contributed by atoms with Crippen LogP contribution in [0.4, 0.5) is 4.79 Å². The molecule has 1 heterocycles. The third-order valence-electron chi connectivity index (χ3n) is 2.38. The fraction of sp³-hybridized carbons (Fsp3) is 0.818. The Balaban J connectivity index is 2.67. The van der Waals surface area contributed by atoms with Crippen LogP contribution in [0.25, 0.3) is 0 Å². The molecule has 0 bridgehead atoms. The summed E-state index contributed by atoms with van der Waals surface area (Å²) < 4.78 is 10.4. The van der Waals surface area contributed by atoms with Gasteiger partial charge in [0.05, 0.1) is 13.2 Å². The highest BCUT2D eigenvalue weighted by molar-refractivity contribution is 5.79. The third-order valence-corrected chi connectivity index (χ3v) is 2.38. The number of carboxylic acid groups (broad SMARTS) is 1. The van der Waals surface area contributed by atoms with Gasteiger partial charge in [0.15, 0.2) is 5.60 Å². The summed E-state index contributed by atoms with van der Waals surface area (Å²) in [6.07, 6.45) is -0.506. The topological polar surface area (TPSA) is 76.1 Å². The predicted octanol–water partition coefficient (Wildman–Crippen LogP) is 1.10. The molecule has 1 atom stereocenters. The van der Waals surface area contributed by atoms with E-state index in [-0.39, 0.29) is 13.2 Å². The molecule has 0 aromatic rings. The molecule has 0 unspecified atom stereocenters. The van der Waals surface area contributed by atoms with Crippen LogP contribution in [0, 0.1) is 0 Å². The summed E-state index contributed by atoms with van der Waals surface area (Å²) in [5, 5.41) is 9.03. The molecule has 6 nitrogen and oxygen atoms in total. The quantitative estimate of drug-likeness (QED) is 0.748. The van der Waals surface area contributed by atoms with Crippen molar-refractivity contribution in [2.75, 3.05) is 19.7 Å². The lowest BCUT2D eigenvalue weighted by atomic mass is 10.1. The number of carbonyl (C=O) groups is 2. The van der Waals surface area contributed by atoms with Gasteiger partial charge < -0.3 is 19.5 Å². The van der Waals surface area contributed by atoms with E-state index >= 15 is 0 Å². The highest BCUT2D eigenvalue weighted by Crippen LogP contribution is 2.20. The van der Waals surface area contributed by atoms with Crippen LogP contribution in [0.3, 0.4) is 0 Å². The molecule has 1 aliphatic rings. The van der Waals surface area contributed by atoms with Gasteiger partial charge in [-0.25, -0.2) is 9.59 Å². The number of nitrogens with zero attached hydrogens (tertiary/aromatic N) is 1. The molecule has 1 rings (SSSR count). The molecular weight excluding hydrogens is 226 g/mol. The number of hydrogen-bond acceptors (Lipinski definition) is 4. The highest BCUT2D eigenvalue weighted by atomic mass is 16.6. The maximum absolute atomic E-state index is 11.8. The maximum atomic E-state index is 11.8. The number of carboxylic acids is 1. The lowest BCUT2D eigenvalue weighted by molar-refractivity contribution is -0.173. The van der Waals surface area contributed by atoms with Crippen LogP contribution in [0.15, 0.2) is 0 Å². The average molecular weight is 245 g/mol. The van der Waals surface area contributed by atoms with E-state index in [1.165, 1.54) is 11.8 Å². The summed E-state index contributed by atoms with van der Waals surface area (Å²) in [6.45, 7) is 7.29. The van der Waals surface area contributed by atoms with E-state index in [9.17, 15) is 9.59 Å². The van der Waals surface area contributed by atoms with E-state index in [0.29, 0.717) is 6.54 Å². The zero-order chi connectivity index (χ0) is 13.3. The Hall–Kier alpha value is -1.30. The smallest absolute Gasteiger partial charge is 0.410 e. The van der Waals surface area contributed by atoms with E-state index in [1.54, 1.807) is 20.8 Å². The fourth-order valence-electron chi connectivity index (χ4n) is 1.48. The van der Waals surface area contributed by atoms with E-state index < -0.39 is 23.3 Å². The number of morpholine rings is 1. The van der Waals surface area contributed by atoms with Crippen LogP contribution in [0.5, 0.6) is 0 Å². The fourth-order valence-corrected chi connectivity index (χ4v) is 1.48. The van der Waals surface area contributed by atoms with Crippen LogP contribution >= 0.6 is 0 Å². The molecule has 1 aliphatic heterocycles. The molecule has 1 fully saturated rings. The number of hydrogen-bond donors (Lipinski definition) is 1. The zero-order valence-corrected chi connectivity index (χ0v) is 10.6. The van der Waals surface area contributed by atoms with Crippen molar-refractivity contribution in [3.63, 3.8) is 0 Å². The molecule has 1 N–H and O–H groups in total. The van der Waals surface area contributed by atoms with Gasteiger partial charge in [-0.05, 0) is 27.7 Å². The molecule has 17 heavy (non-hydrogen) atoms. The Morgan fingerprint density at radius 1 is 1.41 bits per heavy atom. The Morgan fingerprint density at radius 2 is 2.00 bits per heavy atom. The number of amides is 1. The molecular formula is C11H19NO5. The normalized spacial score (nSPS) is 25.5. The van der Waals surface area contributed by atoms with Crippen molar-refractivity contribution in [3.8, 4) is 0 Å². The van der Waals surface area contributed by atoms with Gasteiger partial charge in [-0.3, -0.25) is 0 Å². The molecule has 98 valence electrons. The molecule has 0 aromatic heterocycles. The van der Waals surface area contributed by atoms with Gasteiger partial charge >= 0.3 is 12.1 Å². The largest absolute Gasteiger partial charge is 0.479 e. The lowest BCUT2D eigenvalue weighted by Crippen LogP contribution is -2.56. The minimum absolute atomic E-state index is 0.00273. The molecule has 6 heteroatoms. The van der Waals surface area contributed by atoms with Crippen LogP contribution in [0.2, 0.25) is 0 Å². The molecule has 0 saturated carbocycles. The molecule has 0 radical (unpaired) electrons. The van der Waals surface area contributed by atoms with Crippen molar-refractivity contribution < 1.29 is 24.2 Å². The summed E-state index contributed by atoms with van der Waals surface area (Å²) in [7, 11) is 0. The maximum Gasteiger partial charge on any atom is 0.410 e. The number of carbonyl (C=O) groups excluding carboxylic acids is 1. The van der Waals surface area contributed by atoms with Crippen molar-refractivity contribution in [1.29, 1.82) is 0 Å². The van der Waals surface area contributed by atoms with Crippen molar-refractivity contribution in [3.05, 3.63) is 0 Å². The first-order chi connectivity index (χ1) is 7.64. The van der Waals surface area contributed by atoms with Gasteiger partial charge in [-0.15, -0.1) is 0 Å². The van der Waals surface area contributed by atoms with Crippen molar-refractivity contribution in [2.45, 2.75) is 38.9 Å². The number of aliphatic carboxylic acids is 1. The first-order valence-corrected chi connectivity index (χ1v) is 5.49. The molecule has 1 amide bonds. The minimum atomic E-state index is -1.35. The van der Waals surface area contributed by atoms with Gasteiger partial charge in [0.2, 0.25) is 0 Å². The van der Waals surface area contributed by atoms with Gasteiger partial charge in [0.25, 0.3) is 0 Å². The molecule has 0 aromatic carbocycles. The van der Waals surface area contributed by atoms with Crippen LogP contribution < -0.4 is 0 Å². The Morgan fingerprint density at radius 3 is 2.47 bits per heavy atom. The minimum Gasteiger partial charge on any atom is -0.479 e. The SMILES string of the molecule is CC(C)(C)OC(=O)N1CCO[C@](C)(C(=O)O)C1. The molecule has 0 spiro atoms. The lowest BCUT2D eigenvalue weighted by Gasteiger charge is -2.38. The van der Waals surface area contributed by atoms with Gasteiger partial charge in [-0.1, -0.05) is 0 Å². The monoisotopic (exact) mass is 245 g/mol. The van der Waals surface area contributed by atoms with Gasteiger partial charge in [0, 0.05) is 6.54 Å².